The van der Waals surface area contributed by atoms with Crippen molar-refractivity contribution in [1.82, 2.24) is 0 Å². The van der Waals surface area contributed by atoms with Gasteiger partial charge in [-0.1, -0.05) is 106 Å². The lowest BCUT2D eigenvalue weighted by Crippen LogP contribution is -2.66. The molecule has 0 spiro atoms. The number of hydrogen-bond donors (Lipinski definition) is 0. The highest BCUT2D eigenvalue weighted by Gasteiger charge is 2.59. The van der Waals surface area contributed by atoms with Crippen LogP contribution in [0.1, 0.15) is 16.5 Å². The maximum atomic E-state index is 6.41. The van der Waals surface area contributed by atoms with E-state index in [1.807, 2.05) is 0 Å². The highest BCUT2D eigenvalue weighted by atomic mass is 127. The van der Waals surface area contributed by atoms with Gasteiger partial charge in [0.2, 0.25) is 0 Å². The van der Waals surface area contributed by atoms with Crippen molar-refractivity contribution < 1.29 is 0 Å². The number of rotatable bonds is 7. The lowest BCUT2D eigenvalue weighted by Gasteiger charge is -2.59. The molecular weight excluding hydrogens is 475 g/mol. The Balaban J connectivity index is 3.38. The van der Waals surface area contributed by atoms with Crippen molar-refractivity contribution in [3.05, 3.63) is 35.4 Å². The van der Waals surface area contributed by atoms with Crippen LogP contribution >= 0.6 is 34.2 Å². The molecule has 5 heteroatoms. The van der Waals surface area contributed by atoms with Crippen LogP contribution in [-0.4, -0.2) is 28.6 Å². The molecule has 1 unspecified atom stereocenters. The van der Waals surface area contributed by atoms with Gasteiger partial charge in [-0.05, 0) is 21.8 Å². The second-order valence-corrected chi connectivity index (χ2v) is 29.2. The molecule has 0 aliphatic heterocycles. The van der Waals surface area contributed by atoms with Crippen LogP contribution in [0.4, 0.5) is 0 Å². The summed E-state index contributed by atoms with van der Waals surface area (Å²) in [7, 11) is -4.01. The van der Waals surface area contributed by atoms with Crippen molar-refractivity contribution in [2.75, 3.05) is 4.43 Å². The highest BCUT2D eigenvalue weighted by Crippen LogP contribution is 2.55. The normalized spacial score (nSPS) is 15.5. The van der Waals surface area contributed by atoms with E-state index in [4.69, 9.17) is 11.6 Å². The molecule has 1 aromatic carbocycles. The van der Waals surface area contributed by atoms with Crippen LogP contribution in [0, 0.1) is 0 Å². The molecule has 0 bridgehead atoms. The molecule has 1 rings (SSSR count). The molecule has 1 atom stereocenters. The fourth-order valence-electron chi connectivity index (χ4n) is 5.41. The van der Waals surface area contributed by atoms with Gasteiger partial charge in [-0.25, -0.2) is 0 Å². The van der Waals surface area contributed by atoms with Crippen LogP contribution in [0.5, 0.6) is 0 Å². The molecule has 24 heavy (non-hydrogen) atoms. The van der Waals surface area contributed by atoms with Crippen molar-refractivity contribution in [2.45, 2.75) is 75.0 Å². The smallest absolute Gasteiger partial charge is 0.0674 e. The van der Waals surface area contributed by atoms with E-state index in [1.54, 1.807) is 0 Å². The SMILES string of the molecule is C[Si](C)(C)C(Cc1ccc(C(Cl)CI)cc1)([Si](C)(C)C)[Si](C)(C)C. The molecular formula is C19H36ClISi3. The largest absolute Gasteiger partial charge is 0.117 e. The first kappa shape index (κ1) is 22.9. The molecule has 1 aromatic rings. The maximum Gasteiger partial charge on any atom is 0.0674 e. The Morgan fingerprint density at radius 2 is 1.21 bits per heavy atom. The number of benzene rings is 1. The van der Waals surface area contributed by atoms with Crippen LogP contribution in [0.3, 0.4) is 0 Å². The predicted octanol–water partition coefficient (Wildman–Crippen LogP) is 7.78. The van der Waals surface area contributed by atoms with Crippen molar-refractivity contribution in [1.29, 1.82) is 0 Å². The lowest BCUT2D eigenvalue weighted by molar-refractivity contribution is 0.872. The second kappa shape index (κ2) is 7.87. The van der Waals surface area contributed by atoms with Crippen LogP contribution in [0.15, 0.2) is 24.3 Å². The second-order valence-electron chi connectivity index (χ2n) is 10.2. The first-order valence-corrected chi connectivity index (χ1v) is 21.4. The highest BCUT2D eigenvalue weighted by molar-refractivity contribution is 14.1. The van der Waals surface area contributed by atoms with Gasteiger partial charge in [0.05, 0.1) is 5.38 Å². The van der Waals surface area contributed by atoms with Gasteiger partial charge in [0, 0.05) is 28.6 Å². The molecule has 0 aliphatic rings. The Kier molecular flexibility index (Phi) is 7.52. The Morgan fingerprint density at radius 1 is 0.833 bits per heavy atom. The Hall–Kier alpha value is 0.891. The summed E-state index contributed by atoms with van der Waals surface area (Å²) in [4.78, 5) is 0. The fraction of sp³-hybridized carbons (Fsp3) is 0.684. The van der Waals surface area contributed by atoms with Gasteiger partial charge in [-0.2, -0.15) is 0 Å². The zero-order chi connectivity index (χ0) is 19.0. The Bertz CT molecular complexity index is 500. The minimum absolute atomic E-state index is 0.135. The minimum Gasteiger partial charge on any atom is -0.117 e. The average Bonchev–Trinajstić information content (AvgIpc) is 2.40. The molecule has 0 N–H and O–H groups in total. The topological polar surface area (TPSA) is 0 Å². The zero-order valence-electron chi connectivity index (χ0n) is 17.1. The third kappa shape index (κ3) is 4.59. The fourth-order valence-corrected chi connectivity index (χ4v) is 35.3. The van der Waals surface area contributed by atoms with E-state index < -0.39 is 24.2 Å². The standard InChI is InChI=1S/C19H36ClISi3/c1-22(2,3)19(23(4,5)6,24(7,8)9)14-16-10-12-17(13-11-16)18(20)15-21/h10-13,18H,14-15H2,1-9H3. The molecule has 0 heterocycles. The van der Waals surface area contributed by atoms with Crippen molar-refractivity contribution in [3.63, 3.8) is 0 Å². The van der Waals surface area contributed by atoms with E-state index in [1.165, 1.54) is 17.5 Å². The summed E-state index contributed by atoms with van der Waals surface area (Å²) in [6.07, 6.45) is 1.27. The van der Waals surface area contributed by atoms with Gasteiger partial charge in [-0.15, -0.1) is 11.6 Å². The number of alkyl halides is 2. The molecule has 0 saturated carbocycles. The van der Waals surface area contributed by atoms with Crippen molar-refractivity contribution in [2.24, 2.45) is 0 Å². The number of halogens is 2. The van der Waals surface area contributed by atoms with Crippen molar-refractivity contribution in [3.8, 4) is 0 Å². The minimum atomic E-state index is -1.34. The lowest BCUT2D eigenvalue weighted by atomic mass is 10.1. The maximum absolute atomic E-state index is 6.41. The Morgan fingerprint density at radius 3 is 1.50 bits per heavy atom. The summed E-state index contributed by atoms with van der Waals surface area (Å²) in [5.74, 6) is 0. The van der Waals surface area contributed by atoms with Crippen molar-refractivity contribution >= 4 is 58.4 Å². The third-order valence-electron chi connectivity index (χ3n) is 5.79. The van der Waals surface area contributed by atoms with E-state index in [9.17, 15) is 0 Å². The molecule has 0 saturated heterocycles. The summed E-state index contributed by atoms with van der Waals surface area (Å²) >= 11 is 8.77. The number of hydrogen-bond acceptors (Lipinski definition) is 0. The monoisotopic (exact) mass is 510 g/mol. The molecule has 0 aromatic heterocycles. The van der Waals surface area contributed by atoms with Gasteiger partial charge >= 0.3 is 0 Å². The van der Waals surface area contributed by atoms with E-state index in [-0.39, 0.29) is 5.38 Å². The van der Waals surface area contributed by atoms with Crippen LogP contribution in [-0.2, 0) is 6.42 Å². The first-order chi connectivity index (χ1) is 10.7. The van der Waals surface area contributed by atoms with Crippen LogP contribution in [0.2, 0.25) is 63.2 Å². The van der Waals surface area contributed by atoms with E-state index >= 15 is 0 Å². The molecule has 0 nitrogen and oxygen atoms in total. The van der Waals surface area contributed by atoms with E-state index in [0.717, 1.165) is 4.43 Å². The summed E-state index contributed by atoms with van der Waals surface area (Å²) in [6.45, 7) is 23.5. The molecule has 0 amide bonds. The van der Waals surface area contributed by atoms with Gasteiger partial charge in [-0.3, -0.25) is 0 Å². The molecule has 0 radical (unpaired) electrons. The summed E-state index contributed by atoms with van der Waals surface area (Å²) in [6, 6.07) is 9.22. The summed E-state index contributed by atoms with van der Waals surface area (Å²) in [5.41, 5.74) is 2.78. The average molecular weight is 511 g/mol. The predicted molar refractivity (Wildman–Crippen MR) is 130 cm³/mol. The van der Waals surface area contributed by atoms with Gasteiger partial charge < -0.3 is 0 Å². The Labute approximate surface area is 172 Å². The molecule has 138 valence electrons. The summed E-state index contributed by atoms with van der Waals surface area (Å²) < 4.78 is 1.54. The summed E-state index contributed by atoms with van der Waals surface area (Å²) in [5, 5.41) is 0.135. The van der Waals surface area contributed by atoms with E-state index in [0.29, 0.717) is 4.28 Å². The molecule has 0 aliphatic carbocycles. The van der Waals surface area contributed by atoms with Crippen LogP contribution in [0.25, 0.3) is 0 Å². The van der Waals surface area contributed by atoms with Crippen LogP contribution < -0.4 is 0 Å². The molecule has 0 fully saturated rings. The zero-order valence-corrected chi connectivity index (χ0v) is 23.0. The first-order valence-electron chi connectivity index (χ1n) is 8.96. The van der Waals surface area contributed by atoms with Gasteiger partial charge in [0.25, 0.3) is 0 Å². The van der Waals surface area contributed by atoms with E-state index in [2.05, 4.69) is 106 Å². The quantitative estimate of drug-likeness (QED) is 0.199. The van der Waals surface area contributed by atoms with Gasteiger partial charge in [0.15, 0.2) is 0 Å². The third-order valence-corrected chi connectivity index (χ3v) is 29.3. The van der Waals surface area contributed by atoms with Gasteiger partial charge in [0.1, 0.15) is 0 Å².